The molecule has 160 valence electrons. The highest BCUT2D eigenvalue weighted by molar-refractivity contribution is 7.71. The molecule has 2 aromatic carbocycles. The van der Waals surface area contributed by atoms with Gasteiger partial charge in [0.25, 0.3) is 5.56 Å². The van der Waals surface area contributed by atoms with Gasteiger partial charge in [0, 0.05) is 17.3 Å². The minimum atomic E-state index is -0.972. The molecule has 0 bridgehead atoms. The first kappa shape index (κ1) is 20.2. The molecular formula is C24H19N3O4S. The molecular weight excluding hydrogens is 426 g/mol. The summed E-state index contributed by atoms with van der Waals surface area (Å²) in [6.07, 6.45) is 0.642. The lowest BCUT2D eigenvalue weighted by Gasteiger charge is -2.21. The summed E-state index contributed by atoms with van der Waals surface area (Å²) in [6.45, 7) is 1.83. The first-order chi connectivity index (χ1) is 15.5. The lowest BCUT2D eigenvalue weighted by Crippen LogP contribution is -2.29. The molecule has 0 saturated carbocycles. The largest absolute Gasteiger partial charge is 0.506 e. The van der Waals surface area contributed by atoms with E-state index in [1.165, 1.54) is 9.13 Å². The van der Waals surface area contributed by atoms with E-state index < -0.39 is 11.7 Å². The number of aromatic hydroxyl groups is 2. The Hall–Kier alpha value is -3.75. The summed E-state index contributed by atoms with van der Waals surface area (Å²) < 4.78 is 8.82. The molecule has 1 aliphatic rings. The van der Waals surface area contributed by atoms with Crippen molar-refractivity contribution in [2.75, 3.05) is 0 Å². The fourth-order valence-corrected chi connectivity index (χ4v) is 4.38. The number of rotatable bonds is 3. The summed E-state index contributed by atoms with van der Waals surface area (Å²) in [4.78, 5) is 17.9. The van der Waals surface area contributed by atoms with E-state index in [1.54, 1.807) is 49.5 Å². The fourth-order valence-electron chi connectivity index (χ4n) is 4.00. The van der Waals surface area contributed by atoms with E-state index in [9.17, 15) is 15.0 Å². The Kier molecular flexibility index (Phi) is 4.88. The van der Waals surface area contributed by atoms with Crippen LogP contribution in [0.1, 0.15) is 28.5 Å². The monoisotopic (exact) mass is 445 g/mol. The van der Waals surface area contributed by atoms with Gasteiger partial charge in [-0.25, -0.2) is 0 Å². The first-order valence-corrected chi connectivity index (χ1v) is 10.4. The van der Waals surface area contributed by atoms with E-state index in [0.29, 0.717) is 28.2 Å². The molecule has 2 N–H and O–H groups in total. The van der Waals surface area contributed by atoms with Crippen LogP contribution in [0.15, 0.2) is 71.7 Å². The van der Waals surface area contributed by atoms with Gasteiger partial charge >= 0.3 is 0 Å². The van der Waals surface area contributed by atoms with Crippen molar-refractivity contribution in [1.82, 2.24) is 14.1 Å². The topological polar surface area (TPSA) is 89.5 Å². The third kappa shape index (κ3) is 3.04. The molecule has 0 saturated heterocycles. The molecule has 2 aromatic heterocycles. The molecule has 4 aromatic rings. The normalized spacial score (nSPS) is 15.0. The van der Waals surface area contributed by atoms with Crippen molar-refractivity contribution in [2.45, 2.75) is 19.6 Å². The molecule has 0 spiro atoms. The van der Waals surface area contributed by atoms with Crippen LogP contribution in [0.25, 0.3) is 11.4 Å². The molecule has 5 rings (SSSR count). The Morgan fingerprint density at radius 3 is 2.19 bits per heavy atom. The van der Waals surface area contributed by atoms with Gasteiger partial charge in [-0.1, -0.05) is 36.4 Å². The Morgan fingerprint density at radius 2 is 1.56 bits per heavy atom. The van der Waals surface area contributed by atoms with Crippen molar-refractivity contribution >= 4 is 12.2 Å². The molecule has 7 nitrogen and oxygen atoms in total. The first-order valence-electron chi connectivity index (χ1n) is 9.99. The van der Waals surface area contributed by atoms with E-state index in [4.69, 9.17) is 17.0 Å². The Bertz CT molecular complexity index is 1450. The second-order valence-electron chi connectivity index (χ2n) is 7.49. The van der Waals surface area contributed by atoms with Gasteiger partial charge in [-0.2, -0.15) is 0 Å². The number of pyridine rings is 1. The maximum absolute atomic E-state index is 13.7. The van der Waals surface area contributed by atoms with Gasteiger partial charge in [-0.05, 0) is 43.4 Å². The zero-order chi connectivity index (χ0) is 22.4. The summed E-state index contributed by atoms with van der Waals surface area (Å²) in [5.41, 5.74) is 2.13. The van der Waals surface area contributed by atoms with Crippen LogP contribution in [0.4, 0.5) is 0 Å². The number of hydrogen-bond acceptors (Lipinski definition) is 6. The lowest BCUT2D eigenvalue weighted by molar-refractivity contribution is 0.0890. The van der Waals surface area contributed by atoms with E-state index >= 15 is 0 Å². The highest BCUT2D eigenvalue weighted by atomic mass is 32.1. The smallest absolute Gasteiger partial charge is 0.269 e. The summed E-state index contributed by atoms with van der Waals surface area (Å²) in [5.74, 6) is -0.381. The quantitative estimate of drug-likeness (QED) is 0.462. The van der Waals surface area contributed by atoms with Crippen LogP contribution in [-0.4, -0.2) is 24.3 Å². The predicted octanol–water partition coefficient (Wildman–Crippen LogP) is 4.09. The second-order valence-corrected chi connectivity index (χ2v) is 7.85. The van der Waals surface area contributed by atoms with Gasteiger partial charge in [-0.15, -0.1) is 0 Å². The van der Waals surface area contributed by atoms with Crippen molar-refractivity contribution in [2.24, 2.45) is 0 Å². The number of aryl methyl sites for hydroxylation is 1. The van der Waals surface area contributed by atoms with Crippen LogP contribution in [0.2, 0.25) is 0 Å². The van der Waals surface area contributed by atoms with Crippen molar-refractivity contribution in [1.29, 1.82) is 0 Å². The molecule has 1 atom stereocenters. The van der Waals surface area contributed by atoms with E-state index in [2.05, 4.69) is 4.98 Å². The maximum atomic E-state index is 13.7. The van der Waals surface area contributed by atoms with Crippen molar-refractivity contribution in [3.8, 4) is 23.0 Å². The minimum Gasteiger partial charge on any atom is -0.506 e. The minimum absolute atomic E-state index is 0.00837. The number of benzene rings is 2. The van der Waals surface area contributed by atoms with Crippen molar-refractivity contribution < 1.29 is 14.9 Å². The molecule has 0 fully saturated rings. The van der Waals surface area contributed by atoms with Crippen molar-refractivity contribution in [3.05, 3.63) is 104 Å². The van der Waals surface area contributed by atoms with Gasteiger partial charge in [0.15, 0.2) is 4.77 Å². The van der Waals surface area contributed by atoms with Crippen LogP contribution < -0.4 is 5.56 Å². The van der Waals surface area contributed by atoms with Crippen LogP contribution >= 0.6 is 12.2 Å². The molecule has 0 amide bonds. The third-order valence-electron chi connectivity index (χ3n) is 5.59. The number of para-hydroxylation sites is 2. The van der Waals surface area contributed by atoms with E-state index in [0.717, 1.165) is 0 Å². The van der Waals surface area contributed by atoms with Crippen LogP contribution in [0.5, 0.6) is 11.6 Å². The van der Waals surface area contributed by atoms with Gasteiger partial charge in [0.2, 0.25) is 5.88 Å². The van der Waals surface area contributed by atoms with Crippen molar-refractivity contribution in [3.63, 3.8) is 0 Å². The summed E-state index contributed by atoms with van der Waals surface area (Å²) in [7, 11) is 0. The highest BCUT2D eigenvalue weighted by Crippen LogP contribution is 2.43. The number of hydrogen-bond donors (Lipinski definition) is 2. The molecule has 8 heteroatoms. The Labute approximate surface area is 188 Å². The molecule has 0 aliphatic carbocycles. The number of fused-ring (bicyclic) bond motifs is 1. The molecule has 1 unspecified atom stereocenters. The number of ether oxygens (including phenoxy) is 1. The predicted molar refractivity (Wildman–Crippen MR) is 121 cm³/mol. The van der Waals surface area contributed by atoms with Crippen LogP contribution in [0.3, 0.4) is 0 Å². The van der Waals surface area contributed by atoms with Crippen LogP contribution in [-0.2, 0) is 11.3 Å². The SMILES string of the molecule is Cc1ncc2c(c1O)C(c1c(O)n(-c3ccccc3)c(=S)n(-c3ccccc3)c1=O)OC2. The van der Waals surface area contributed by atoms with Gasteiger partial charge in [-0.3, -0.25) is 18.9 Å². The van der Waals surface area contributed by atoms with Gasteiger partial charge in [0.1, 0.15) is 17.4 Å². The molecule has 3 heterocycles. The zero-order valence-electron chi connectivity index (χ0n) is 17.1. The number of nitrogens with zero attached hydrogens (tertiary/aromatic N) is 3. The maximum Gasteiger partial charge on any atom is 0.269 e. The molecule has 32 heavy (non-hydrogen) atoms. The zero-order valence-corrected chi connectivity index (χ0v) is 17.9. The average Bonchev–Trinajstić information content (AvgIpc) is 3.22. The summed E-state index contributed by atoms with van der Waals surface area (Å²) in [6, 6.07) is 18.0. The summed E-state index contributed by atoms with van der Waals surface area (Å²) in [5, 5.41) is 22.0. The third-order valence-corrected chi connectivity index (χ3v) is 5.95. The molecule has 0 radical (unpaired) electrons. The molecule has 1 aliphatic heterocycles. The number of aromatic nitrogens is 3. The fraction of sp³-hybridized carbons (Fsp3) is 0.125. The Balaban J connectivity index is 1.87. The Morgan fingerprint density at radius 1 is 0.969 bits per heavy atom. The highest BCUT2D eigenvalue weighted by Gasteiger charge is 2.35. The van der Waals surface area contributed by atoms with E-state index in [-0.39, 0.29) is 28.6 Å². The van der Waals surface area contributed by atoms with Gasteiger partial charge in [0.05, 0.1) is 23.7 Å². The van der Waals surface area contributed by atoms with E-state index in [1.807, 2.05) is 24.3 Å². The summed E-state index contributed by atoms with van der Waals surface area (Å²) >= 11 is 5.66. The standard InChI is InChI=1S/C24H19N3O4S/c1-14-20(28)18-15(12-25-14)13-31-21(18)19-22(29)26(16-8-4-2-5-9-16)24(32)27(23(19)30)17-10-6-3-7-11-17/h2-12,21,28-29H,13H2,1H3. The van der Waals surface area contributed by atoms with Gasteiger partial charge < -0.3 is 14.9 Å². The van der Waals surface area contributed by atoms with Crippen LogP contribution in [0, 0.1) is 11.7 Å². The lowest BCUT2D eigenvalue weighted by atomic mass is 10.00. The second kappa shape index (κ2) is 7.74. The average molecular weight is 446 g/mol.